The molecule has 2 aromatic heterocycles. The maximum absolute atomic E-state index is 13.7. The summed E-state index contributed by atoms with van der Waals surface area (Å²) >= 11 is 0. The van der Waals surface area contributed by atoms with E-state index in [1.807, 2.05) is 17.0 Å². The van der Waals surface area contributed by atoms with Crippen molar-refractivity contribution in [3.05, 3.63) is 72.1 Å². The smallest absolute Gasteiger partial charge is 0.407 e. The first-order valence-corrected chi connectivity index (χ1v) is 19.0. The highest BCUT2D eigenvalue weighted by Crippen LogP contribution is 2.36. The molecule has 15 nitrogen and oxygen atoms in total. The first-order chi connectivity index (χ1) is 26.7. The third kappa shape index (κ3) is 8.21. The number of benzene rings is 2. The number of aromatic nitrogens is 4. The van der Waals surface area contributed by atoms with Gasteiger partial charge in [-0.1, -0.05) is 48.5 Å². The number of H-pyrrole nitrogens is 2. The quantitative estimate of drug-likeness (QED) is 0.186. The highest BCUT2D eigenvalue weighted by molar-refractivity contribution is 5.87. The normalized spacial score (nSPS) is 20.8. The maximum atomic E-state index is 13.7. The number of carbonyl (C=O) groups excluding carboxylic acids is 4. The summed E-state index contributed by atoms with van der Waals surface area (Å²) in [5, 5.41) is 5.30. The summed E-state index contributed by atoms with van der Waals surface area (Å²) in [5.41, 5.74) is 6.51. The number of hydrogen-bond donors (Lipinski definition) is 4. The summed E-state index contributed by atoms with van der Waals surface area (Å²) in [5.74, 6) is 1.14. The van der Waals surface area contributed by atoms with Gasteiger partial charge >= 0.3 is 12.2 Å². The Morgan fingerprint density at radius 1 is 0.818 bits per heavy atom. The van der Waals surface area contributed by atoms with Crippen molar-refractivity contribution < 1.29 is 33.4 Å². The molecule has 1 unspecified atom stereocenters. The Morgan fingerprint density at radius 2 is 1.49 bits per heavy atom. The lowest BCUT2D eigenvalue weighted by Crippen LogP contribution is -2.48. The maximum Gasteiger partial charge on any atom is 0.407 e. The van der Waals surface area contributed by atoms with E-state index in [1.165, 1.54) is 14.2 Å². The third-order valence-electron chi connectivity index (χ3n) is 10.7. The van der Waals surface area contributed by atoms with Crippen LogP contribution >= 0.6 is 0 Å². The molecule has 5 heterocycles. The van der Waals surface area contributed by atoms with Crippen LogP contribution in [0.2, 0.25) is 0 Å². The lowest BCUT2D eigenvalue weighted by atomic mass is 10.0. The van der Waals surface area contributed by atoms with Crippen molar-refractivity contribution in [2.75, 3.05) is 33.9 Å². The highest BCUT2D eigenvalue weighted by Gasteiger charge is 2.37. The van der Waals surface area contributed by atoms with Crippen molar-refractivity contribution >= 4 is 24.0 Å². The molecule has 4 amide bonds. The predicted octanol–water partition coefficient (Wildman–Crippen LogP) is 5.63. The van der Waals surface area contributed by atoms with Crippen LogP contribution in [0.4, 0.5) is 9.59 Å². The Labute approximate surface area is 319 Å². The third-order valence-corrected chi connectivity index (χ3v) is 10.7. The van der Waals surface area contributed by atoms with Crippen LogP contribution in [0, 0.1) is 0 Å². The Balaban J connectivity index is 1.05. The van der Waals surface area contributed by atoms with Gasteiger partial charge < -0.3 is 44.6 Å². The van der Waals surface area contributed by atoms with Gasteiger partial charge in [-0.3, -0.25) is 9.59 Å². The molecule has 4 atom stereocenters. The van der Waals surface area contributed by atoms with Crippen LogP contribution in [0.3, 0.4) is 0 Å². The van der Waals surface area contributed by atoms with E-state index in [1.54, 1.807) is 18.0 Å². The van der Waals surface area contributed by atoms with Gasteiger partial charge in [0.15, 0.2) is 0 Å². The molecule has 3 aliphatic rings. The minimum atomic E-state index is -0.710. The Bertz CT molecular complexity index is 1990. The van der Waals surface area contributed by atoms with Gasteiger partial charge in [-0.2, -0.15) is 0 Å². The molecule has 2 saturated heterocycles. The van der Waals surface area contributed by atoms with Crippen molar-refractivity contribution in [2.24, 2.45) is 0 Å². The van der Waals surface area contributed by atoms with Gasteiger partial charge in [0.05, 0.1) is 56.2 Å². The largest absolute Gasteiger partial charge is 0.453 e. The van der Waals surface area contributed by atoms with Crippen molar-refractivity contribution in [2.45, 2.75) is 82.6 Å². The number of nitrogens with one attached hydrogen (secondary N) is 4. The minimum Gasteiger partial charge on any atom is -0.453 e. The molecule has 55 heavy (non-hydrogen) atoms. The lowest BCUT2D eigenvalue weighted by molar-refractivity contribution is -0.135. The number of alkyl carbamates (subject to hydrolysis) is 2. The molecule has 3 aliphatic heterocycles. The SMILES string of the molecule is COC(=O)NC(C)C(=O)N1CCC[C@H]1c1ncc(-c2ccc(-c3ccc(-c4nc5[nH]c4COCCCC[C@H](NC(=O)OC)C(=O)N4CCC[C@@H]54)cc3)cc2)[nH]1. The number of nitrogens with zero attached hydrogens (tertiary/aromatic N) is 4. The zero-order valence-electron chi connectivity index (χ0n) is 31.4. The molecule has 4 aromatic rings. The van der Waals surface area contributed by atoms with Crippen molar-refractivity contribution in [1.82, 2.24) is 40.4 Å². The van der Waals surface area contributed by atoms with E-state index in [9.17, 15) is 19.2 Å². The van der Waals surface area contributed by atoms with E-state index < -0.39 is 24.3 Å². The Kier molecular flexibility index (Phi) is 11.5. The van der Waals surface area contributed by atoms with E-state index in [-0.39, 0.29) is 23.9 Å². The van der Waals surface area contributed by atoms with Crippen LogP contribution in [-0.4, -0.2) is 99.7 Å². The molecule has 0 aliphatic carbocycles. The fourth-order valence-electron chi connectivity index (χ4n) is 7.81. The summed E-state index contributed by atoms with van der Waals surface area (Å²) in [4.78, 5) is 70.8. The van der Waals surface area contributed by atoms with Gasteiger partial charge in [0, 0.05) is 25.3 Å². The van der Waals surface area contributed by atoms with Crippen molar-refractivity contribution in [1.29, 1.82) is 0 Å². The topological polar surface area (TPSA) is 184 Å². The summed E-state index contributed by atoms with van der Waals surface area (Å²) in [6.45, 7) is 3.72. The fraction of sp³-hybridized carbons (Fsp3) is 0.450. The fourth-order valence-corrected chi connectivity index (χ4v) is 7.81. The molecule has 0 radical (unpaired) electrons. The van der Waals surface area contributed by atoms with E-state index in [0.29, 0.717) is 38.5 Å². The van der Waals surface area contributed by atoms with Gasteiger partial charge in [-0.25, -0.2) is 19.6 Å². The first-order valence-electron chi connectivity index (χ1n) is 19.0. The number of imidazole rings is 2. The first kappa shape index (κ1) is 37.6. The minimum absolute atomic E-state index is 0.121. The van der Waals surface area contributed by atoms with E-state index in [4.69, 9.17) is 14.5 Å². The monoisotopic (exact) mass is 752 g/mol. The number of hydrogen-bond acceptors (Lipinski definition) is 9. The second-order valence-electron chi connectivity index (χ2n) is 14.3. The summed E-state index contributed by atoms with van der Waals surface area (Å²) < 4.78 is 15.5. The standard InChI is InChI=1S/C40H48N8O7/c1-24(42-39(51)53-2)37(49)47-19-6-9-32(47)35-41-22-30(43-35)27-15-11-25(12-16-27)26-13-17-28(18-14-26)34-31-23-55-21-5-4-8-29(45-40(52)54-3)38(50)48-20-7-10-33(48)36(44-31)46-34/h11-18,22,24,29,32-33H,4-10,19-21,23H2,1-3H3,(H,41,43)(H,42,51)(H,44,46)(H,45,52)/t24?,29-,32-,33-/m0/s1. The number of ether oxygens (including phenoxy) is 3. The average Bonchev–Trinajstić information content (AvgIpc) is 4.04. The van der Waals surface area contributed by atoms with Gasteiger partial charge in [0.25, 0.3) is 0 Å². The molecule has 0 saturated carbocycles. The van der Waals surface area contributed by atoms with Crippen molar-refractivity contribution in [3.63, 3.8) is 0 Å². The highest BCUT2D eigenvalue weighted by atomic mass is 16.5. The molecule has 7 rings (SSSR count). The van der Waals surface area contributed by atoms with Gasteiger partial charge in [0.2, 0.25) is 11.8 Å². The van der Waals surface area contributed by atoms with Gasteiger partial charge in [-0.15, -0.1) is 0 Å². The van der Waals surface area contributed by atoms with E-state index >= 15 is 0 Å². The van der Waals surface area contributed by atoms with Crippen LogP contribution < -0.4 is 10.6 Å². The second kappa shape index (κ2) is 16.8. The summed E-state index contributed by atoms with van der Waals surface area (Å²) in [6, 6.07) is 14.7. The van der Waals surface area contributed by atoms with Crippen LogP contribution in [0.1, 0.15) is 81.3 Å². The van der Waals surface area contributed by atoms with Crippen LogP contribution in [0.25, 0.3) is 33.6 Å². The Morgan fingerprint density at radius 3 is 2.22 bits per heavy atom. The van der Waals surface area contributed by atoms with Gasteiger partial charge in [-0.05, 0) is 68.6 Å². The Hall–Kier alpha value is -5.70. The molecule has 2 aromatic carbocycles. The molecule has 2 bridgehead atoms. The molecule has 290 valence electrons. The summed E-state index contributed by atoms with van der Waals surface area (Å²) in [7, 11) is 2.57. The number of rotatable bonds is 7. The zero-order chi connectivity index (χ0) is 38.5. The molecule has 15 heteroatoms. The number of fused-ring (bicyclic) bond motifs is 4. The average molecular weight is 753 g/mol. The molecule has 2 fully saturated rings. The zero-order valence-corrected chi connectivity index (χ0v) is 31.4. The number of methoxy groups -OCH3 is 2. The predicted molar refractivity (Wildman–Crippen MR) is 202 cm³/mol. The van der Waals surface area contributed by atoms with Crippen LogP contribution in [0.5, 0.6) is 0 Å². The number of carbonyl (C=O) groups is 4. The van der Waals surface area contributed by atoms with Crippen LogP contribution in [-0.2, 0) is 30.4 Å². The lowest BCUT2D eigenvalue weighted by Gasteiger charge is -2.28. The molecular weight excluding hydrogens is 704 g/mol. The summed E-state index contributed by atoms with van der Waals surface area (Å²) in [6.07, 6.45) is 5.76. The molecule has 4 N–H and O–H groups in total. The van der Waals surface area contributed by atoms with Crippen molar-refractivity contribution in [3.8, 4) is 33.6 Å². The number of likely N-dealkylation sites (tertiary alicyclic amines) is 1. The molecular formula is C40H48N8O7. The molecule has 0 spiro atoms. The number of aromatic amines is 2. The number of amides is 4. The van der Waals surface area contributed by atoms with E-state index in [2.05, 4.69) is 66.7 Å². The van der Waals surface area contributed by atoms with Crippen LogP contribution in [0.15, 0.2) is 54.7 Å². The van der Waals surface area contributed by atoms with Gasteiger partial charge in [0.1, 0.15) is 23.7 Å². The second-order valence-corrected chi connectivity index (χ2v) is 14.3. The van der Waals surface area contributed by atoms with E-state index in [0.717, 1.165) is 83.7 Å².